The van der Waals surface area contributed by atoms with Crippen molar-refractivity contribution in [2.75, 3.05) is 11.1 Å². The first-order valence-corrected chi connectivity index (χ1v) is 9.19. The van der Waals surface area contributed by atoms with Crippen molar-refractivity contribution in [3.05, 3.63) is 52.8 Å². The predicted molar refractivity (Wildman–Crippen MR) is 100 cm³/mol. The highest BCUT2D eigenvalue weighted by Gasteiger charge is 2.18. The third-order valence-corrected chi connectivity index (χ3v) is 4.65. The number of nitrogens with zero attached hydrogens (tertiary/aromatic N) is 1. The predicted octanol–water partition coefficient (Wildman–Crippen LogP) is 4.44. The highest BCUT2D eigenvalue weighted by Crippen LogP contribution is 2.21. The Morgan fingerprint density at radius 3 is 2.64 bits per heavy atom. The summed E-state index contributed by atoms with van der Waals surface area (Å²) in [5.41, 5.74) is 0.371. The Morgan fingerprint density at radius 1 is 1.24 bits per heavy atom. The van der Waals surface area contributed by atoms with Crippen molar-refractivity contribution in [3.63, 3.8) is 0 Å². The minimum atomic E-state index is -0.927. The second-order valence-corrected chi connectivity index (χ2v) is 6.98. The normalized spacial score (nSPS) is 11.6. The van der Waals surface area contributed by atoms with Gasteiger partial charge in [-0.05, 0) is 43.3 Å². The number of anilines is 1. The Morgan fingerprint density at radius 2 is 1.96 bits per heavy atom. The number of halogens is 2. The van der Waals surface area contributed by atoms with Crippen molar-refractivity contribution in [3.8, 4) is 0 Å². The number of aromatic nitrogens is 1. The molecule has 0 bridgehead atoms. The number of carbonyl (C=O) groups excluding carboxylic acids is 2. The lowest BCUT2D eigenvalue weighted by atomic mass is 10.3. The second kappa shape index (κ2) is 9.65. The van der Waals surface area contributed by atoms with E-state index in [4.69, 9.17) is 27.9 Å². The highest BCUT2D eigenvalue weighted by molar-refractivity contribution is 7.99. The number of benzene rings is 1. The SMILES string of the molecule is C[C@H](OC(=O)CCSc1ccc(Cl)cc1)C(=O)Nc1cccnc1Cl. The first-order valence-electron chi connectivity index (χ1n) is 7.45. The van der Waals surface area contributed by atoms with Gasteiger partial charge in [-0.3, -0.25) is 9.59 Å². The lowest BCUT2D eigenvalue weighted by Crippen LogP contribution is -2.30. The van der Waals surface area contributed by atoms with Gasteiger partial charge in [-0.25, -0.2) is 4.98 Å². The largest absolute Gasteiger partial charge is 0.453 e. The first-order chi connectivity index (χ1) is 12.0. The molecule has 0 aliphatic rings. The van der Waals surface area contributed by atoms with E-state index in [1.165, 1.54) is 24.9 Å². The van der Waals surface area contributed by atoms with Gasteiger partial charge in [-0.15, -0.1) is 11.8 Å². The van der Waals surface area contributed by atoms with E-state index >= 15 is 0 Å². The number of hydrogen-bond acceptors (Lipinski definition) is 5. The topological polar surface area (TPSA) is 68.3 Å². The van der Waals surface area contributed by atoms with Crippen LogP contribution in [-0.4, -0.2) is 28.7 Å². The molecule has 2 aromatic rings. The van der Waals surface area contributed by atoms with Crippen LogP contribution in [0.4, 0.5) is 5.69 Å². The van der Waals surface area contributed by atoms with Gasteiger partial charge in [0.1, 0.15) is 0 Å². The molecule has 2 rings (SSSR count). The molecule has 1 N–H and O–H groups in total. The van der Waals surface area contributed by atoms with Crippen molar-refractivity contribution in [1.29, 1.82) is 0 Å². The van der Waals surface area contributed by atoms with Gasteiger partial charge >= 0.3 is 5.97 Å². The number of nitrogens with one attached hydrogen (secondary N) is 1. The molecule has 1 aromatic carbocycles. The number of carbonyl (C=O) groups is 2. The number of thioether (sulfide) groups is 1. The van der Waals surface area contributed by atoms with Crippen LogP contribution >= 0.6 is 35.0 Å². The third kappa shape index (κ3) is 6.57. The first kappa shape index (κ1) is 19.6. The van der Waals surface area contributed by atoms with Crippen molar-refractivity contribution in [2.24, 2.45) is 0 Å². The van der Waals surface area contributed by atoms with Crippen molar-refractivity contribution < 1.29 is 14.3 Å². The van der Waals surface area contributed by atoms with Gasteiger partial charge < -0.3 is 10.1 Å². The number of amides is 1. The van der Waals surface area contributed by atoms with Crippen LogP contribution < -0.4 is 5.32 Å². The van der Waals surface area contributed by atoms with E-state index in [0.29, 0.717) is 16.5 Å². The number of hydrogen-bond donors (Lipinski definition) is 1. The van der Waals surface area contributed by atoms with Crippen molar-refractivity contribution in [2.45, 2.75) is 24.3 Å². The lowest BCUT2D eigenvalue weighted by Gasteiger charge is -2.13. The Kier molecular flexibility index (Phi) is 7.55. The fourth-order valence-corrected chi connectivity index (χ4v) is 2.93. The van der Waals surface area contributed by atoms with Crippen LogP contribution in [0.2, 0.25) is 10.2 Å². The zero-order chi connectivity index (χ0) is 18.2. The standard InChI is InChI=1S/C17H16Cl2N2O3S/c1-11(17(23)21-14-3-2-9-20-16(14)19)24-15(22)8-10-25-13-6-4-12(18)5-7-13/h2-7,9,11H,8,10H2,1H3,(H,21,23)/t11-/m0/s1. The number of esters is 1. The van der Waals surface area contributed by atoms with Gasteiger partial charge in [-0.2, -0.15) is 0 Å². The fourth-order valence-electron chi connectivity index (χ4n) is 1.81. The summed E-state index contributed by atoms with van der Waals surface area (Å²) in [6.07, 6.45) is 0.780. The molecule has 1 heterocycles. The molecule has 0 spiro atoms. The van der Waals surface area contributed by atoms with Crippen LogP contribution in [-0.2, 0) is 14.3 Å². The molecule has 25 heavy (non-hydrogen) atoms. The Labute approximate surface area is 160 Å². The molecule has 1 amide bonds. The van der Waals surface area contributed by atoms with E-state index in [1.54, 1.807) is 24.3 Å². The van der Waals surface area contributed by atoms with E-state index in [0.717, 1.165) is 4.90 Å². The van der Waals surface area contributed by atoms with Gasteiger partial charge in [0.2, 0.25) is 0 Å². The zero-order valence-electron chi connectivity index (χ0n) is 13.4. The summed E-state index contributed by atoms with van der Waals surface area (Å²) in [5, 5.41) is 3.41. The minimum absolute atomic E-state index is 0.175. The Balaban J connectivity index is 1.74. The van der Waals surface area contributed by atoms with Crippen LogP contribution in [0.5, 0.6) is 0 Å². The van der Waals surface area contributed by atoms with Crippen LogP contribution in [0.1, 0.15) is 13.3 Å². The zero-order valence-corrected chi connectivity index (χ0v) is 15.7. The van der Waals surface area contributed by atoms with E-state index in [9.17, 15) is 9.59 Å². The van der Waals surface area contributed by atoms with Crippen molar-refractivity contribution >= 4 is 52.5 Å². The smallest absolute Gasteiger partial charge is 0.307 e. The molecule has 8 heteroatoms. The van der Waals surface area contributed by atoms with Crippen LogP contribution in [0, 0.1) is 0 Å². The van der Waals surface area contributed by atoms with Gasteiger partial charge in [0, 0.05) is 21.9 Å². The van der Waals surface area contributed by atoms with Gasteiger partial charge in [-0.1, -0.05) is 23.2 Å². The molecule has 0 aliphatic carbocycles. The molecule has 0 fully saturated rings. The summed E-state index contributed by atoms with van der Waals surface area (Å²) in [6, 6.07) is 10.6. The highest BCUT2D eigenvalue weighted by atomic mass is 35.5. The maximum atomic E-state index is 12.0. The quantitative estimate of drug-likeness (QED) is 0.424. The van der Waals surface area contributed by atoms with Crippen LogP contribution in [0.3, 0.4) is 0 Å². The molecule has 0 unspecified atom stereocenters. The molecule has 0 saturated heterocycles. The molecule has 0 radical (unpaired) electrons. The van der Waals surface area contributed by atoms with Gasteiger partial charge in [0.05, 0.1) is 12.1 Å². The maximum absolute atomic E-state index is 12.0. The Hall–Kier alpha value is -1.76. The minimum Gasteiger partial charge on any atom is -0.453 e. The van der Waals surface area contributed by atoms with Crippen LogP contribution in [0.25, 0.3) is 0 Å². The maximum Gasteiger partial charge on any atom is 0.307 e. The molecule has 5 nitrogen and oxygen atoms in total. The summed E-state index contributed by atoms with van der Waals surface area (Å²) in [4.78, 5) is 28.7. The molecule has 0 saturated carbocycles. The van der Waals surface area contributed by atoms with E-state index in [1.807, 2.05) is 12.1 Å². The molecule has 1 atom stereocenters. The van der Waals surface area contributed by atoms with Crippen molar-refractivity contribution in [1.82, 2.24) is 4.98 Å². The van der Waals surface area contributed by atoms with Crippen LogP contribution in [0.15, 0.2) is 47.5 Å². The number of ether oxygens (including phenoxy) is 1. The molecular weight excluding hydrogens is 383 g/mol. The number of rotatable bonds is 7. The fraction of sp³-hybridized carbons (Fsp3) is 0.235. The van der Waals surface area contributed by atoms with Gasteiger partial charge in [0.25, 0.3) is 5.91 Å². The summed E-state index contributed by atoms with van der Waals surface area (Å²) < 4.78 is 5.13. The van der Waals surface area contributed by atoms with E-state index in [2.05, 4.69) is 10.3 Å². The summed E-state index contributed by atoms with van der Waals surface area (Å²) in [7, 11) is 0. The molecule has 132 valence electrons. The molecule has 0 aliphatic heterocycles. The summed E-state index contributed by atoms with van der Waals surface area (Å²) in [6.45, 7) is 1.50. The number of pyridine rings is 1. The second-order valence-electron chi connectivity index (χ2n) is 5.02. The Bertz CT molecular complexity index is 741. The summed E-state index contributed by atoms with van der Waals surface area (Å²) in [5.74, 6) is -0.363. The average molecular weight is 399 g/mol. The molecule has 1 aromatic heterocycles. The average Bonchev–Trinajstić information content (AvgIpc) is 2.58. The molecular formula is C17H16Cl2N2O3S. The van der Waals surface area contributed by atoms with E-state index < -0.39 is 18.0 Å². The summed E-state index contributed by atoms with van der Waals surface area (Å²) >= 11 is 13.2. The monoisotopic (exact) mass is 398 g/mol. The van der Waals surface area contributed by atoms with Gasteiger partial charge in [0.15, 0.2) is 11.3 Å². The third-order valence-electron chi connectivity index (χ3n) is 3.08. The lowest BCUT2D eigenvalue weighted by molar-refractivity contribution is -0.152. The van der Waals surface area contributed by atoms with E-state index in [-0.39, 0.29) is 11.6 Å².